The Balaban J connectivity index is 2.18. The third kappa shape index (κ3) is 5.32. The Morgan fingerprint density at radius 2 is 1.41 bits per heavy atom. The number of amides is 2. The van der Waals surface area contributed by atoms with Crippen molar-refractivity contribution in [1.29, 1.82) is 0 Å². The number of ether oxygens (including phenoxy) is 1. The first-order chi connectivity index (χ1) is 13.7. The lowest BCUT2D eigenvalue weighted by atomic mass is 10.1. The Labute approximate surface area is 162 Å². The smallest absolute Gasteiger partial charge is 0.338 e. The van der Waals surface area contributed by atoms with Gasteiger partial charge in [-0.1, -0.05) is 6.07 Å². The van der Waals surface area contributed by atoms with Crippen molar-refractivity contribution in [3.63, 3.8) is 0 Å². The van der Waals surface area contributed by atoms with E-state index in [1.807, 2.05) is 10.9 Å². The van der Waals surface area contributed by atoms with Crippen LogP contribution in [0.4, 0.5) is 11.4 Å². The van der Waals surface area contributed by atoms with Gasteiger partial charge in [-0.25, -0.2) is 4.79 Å². The van der Waals surface area contributed by atoms with E-state index in [-0.39, 0.29) is 29.0 Å². The zero-order valence-corrected chi connectivity index (χ0v) is 14.9. The summed E-state index contributed by atoms with van der Waals surface area (Å²) >= 11 is 0. The molecule has 0 spiro atoms. The van der Waals surface area contributed by atoms with E-state index in [0.717, 1.165) is 24.3 Å². The van der Waals surface area contributed by atoms with Crippen LogP contribution in [0, 0.1) is 20.2 Å². The second-order valence-electron chi connectivity index (χ2n) is 5.46. The van der Waals surface area contributed by atoms with E-state index >= 15 is 0 Å². The van der Waals surface area contributed by atoms with Gasteiger partial charge in [0.25, 0.3) is 23.2 Å². The molecule has 0 saturated carbocycles. The van der Waals surface area contributed by atoms with Crippen LogP contribution in [-0.4, -0.2) is 34.2 Å². The summed E-state index contributed by atoms with van der Waals surface area (Å²) < 4.78 is 4.77. The van der Waals surface area contributed by atoms with E-state index in [0.29, 0.717) is 0 Å². The molecule has 12 heteroatoms. The first kappa shape index (κ1) is 21.0. The zero-order valence-electron chi connectivity index (χ0n) is 14.9. The van der Waals surface area contributed by atoms with E-state index in [4.69, 9.17) is 4.74 Å². The lowest BCUT2D eigenvalue weighted by Gasteiger charge is -2.09. The normalized spacial score (nSPS) is 9.97. The minimum Gasteiger partial charge on any atom is -0.462 e. The zero-order chi connectivity index (χ0) is 21.6. The van der Waals surface area contributed by atoms with Gasteiger partial charge in [-0.15, -0.1) is 0 Å². The van der Waals surface area contributed by atoms with Crippen LogP contribution >= 0.6 is 0 Å². The van der Waals surface area contributed by atoms with Crippen molar-refractivity contribution in [3.8, 4) is 0 Å². The number of non-ortho nitro benzene ring substituents is 2. The Bertz CT molecular complexity index is 1000. The van der Waals surface area contributed by atoms with Gasteiger partial charge < -0.3 is 4.74 Å². The molecule has 0 saturated heterocycles. The molecule has 150 valence electrons. The number of hydrogen-bond donors (Lipinski definition) is 2. The molecule has 0 aliphatic rings. The number of carbonyl (C=O) groups is 3. The van der Waals surface area contributed by atoms with Crippen molar-refractivity contribution in [2.24, 2.45) is 0 Å². The molecule has 2 amide bonds. The maximum Gasteiger partial charge on any atom is 0.338 e. The van der Waals surface area contributed by atoms with E-state index in [1.54, 1.807) is 6.92 Å². The van der Waals surface area contributed by atoms with E-state index in [2.05, 4.69) is 0 Å². The average molecular weight is 402 g/mol. The number of esters is 1. The van der Waals surface area contributed by atoms with Gasteiger partial charge in [-0.3, -0.25) is 40.7 Å². The van der Waals surface area contributed by atoms with Crippen LogP contribution in [0.15, 0.2) is 42.5 Å². The maximum atomic E-state index is 12.3. The highest BCUT2D eigenvalue weighted by Gasteiger charge is 2.19. The van der Waals surface area contributed by atoms with Crippen molar-refractivity contribution < 1.29 is 29.0 Å². The van der Waals surface area contributed by atoms with Crippen molar-refractivity contribution in [1.82, 2.24) is 10.9 Å². The molecule has 0 aliphatic heterocycles. The summed E-state index contributed by atoms with van der Waals surface area (Å²) in [6.07, 6.45) is 0. The summed E-state index contributed by atoms with van der Waals surface area (Å²) in [5.41, 5.74) is 2.65. The van der Waals surface area contributed by atoms with Crippen LogP contribution in [-0.2, 0) is 4.74 Å². The van der Waals surface area contributed by atoms with Gasteiger partial charge in [0.15, 0.2) is 0 Å². The molecule has 29 heavy (non-hydrogen) atoms. The summed E-state index contributed by atoms with van der Waals surface area (Å²) in [7, 11) is 0. The Morgan fingerprint density at radius 3 is 2.00 bits per heavy atom. The van der Waals surface area contributed by atoms with Gasteiger partial charge in [-0.05, 0) is 19.1 Å². The molecule has 0 unspecified atom stereocenters. The van der Waals surface area contributed by atoms with Crippen LogP contribution in [0.1, 0.15) is 38.0 Å². The number of rotatable bonds is 6. The molecule has 0 fully saturated rings. The van der Waals surface area contributed by atoms with Crippen LogP contribution in [0.3, 0.4) is 0 Å². The van der Waals surface area contributed by atoms with E-state index in [9.17, 15) is 34.6 Å². The number of benzene rings is 2. The molecule has 0 atom stereocenters. The second-order valence-corrected chi connectivity index (χ2v) is 5.46. The summed E-state index contributed by atoms with van der Waals surface area (Å²) in [5, 5.41) is 21.8. The Hall–Kier alpha value is -4.35. The lowest BCUT2D eigenvalue weighted by molar-refractivity contribution is -0.385. The first-order valence-corrected chi connectivity index (χ1v) is 8.04. The minimum atomic E-state index is -0.946. The lowest BCUT2D eigenvalue weighted by Crippen LogP contribution is -2.41. The summed E-state index contributed by atoms with van der Waals surface area (Å²) in [6.45, 7) is 1.58. The van der Waals surface area contributed by atoms with Crippen LogP contribution < -0.4 is 10.9 Å². The number of nitrogens with one attached hydrogen (secondary N) is 2. The number of carbonyl (C=O) groups excluding carboxylic acids is 3. The predicted molar refractivity (Wildman–Crippen MR) is 97.1 cm³/mol. The van der Waals surface area contributed by atoms with Crippen molar-refractivity contribution in [2.75, 3.05) is 6.61 Å². The highest BCUT2D eigenvalue weighted by atomic mass is 16.6. The van der Waals surface area contributed by atoms with E-state index in [1.165, 1.54) is 18.2 Å². The standard InChI is InChI=1S/C17H14N4O8/c1-2-29-17(24)12-6-11(8-14(9-12)21(27)28)16(23)19-18-15(22)10-4-3-5-13(7-10)20(25)26/h3-9H,2H2,1H3,(H,18,22)(H,19,23). The van der Waals surface area contributed by atoms with E-state index < -0.39 is 33.3 Å². The van der Waals surface area contributed by atoms with Gasteiger partial charge in [0.05, 0.1) is 22.0 Å². The number of nitrogens with zero attached hydrogens (tertiary/aromatic N) is 2. The summed E-state index contributed by atoms with van der Waals surface area (Å²) in [4.78, 5) is 56.5. The van der Waals surface area contributed by atoms with Crippen molar-refractivity contribution >= 4 is 29.2 Å². The number of nitro groups is 2. The van der Waals surface area contributed by atoms with Crippen LogP contribution in [0.5, 0.6) is 0 Å². The highest BCUT2D eigenvalue weighted by molar-refractivity contribution is 6.01. The molecule has 0 aliphatic carbocycles. The third-order valence-corrected chi connectivity index (χ3v) is 3.51. The fraction of sp³-hybridized carbons (Fsp3) is 0.118. The molecular formula is C17H14N4O8. The molecule has 12 nitrogen and oxygen atoms in total. The molecule has 2 rings (SSSR count). The Kier molecular flexibility index (Phi) is 6.53. The SMILES string of the molecule is CCOC(=O)c1cc(C(=O)NNC(=O)c2cccc([N+](=O)[O-])c2)cc([N+](=O)[O-])c1. The molecule has 0 heterocycles. The highest BCUT2D eigenvalue weighted by Crippen LogP contribution is 2.18. The maximum absolute atomic E-state index is 12.3. The second kappa shape index (κ2) is 9.03. The monoisotopic (exact) mass is 402 g/mol. The summed E-state index contributed by atoms with van der Waals surface area (Å²) in [5.74, 6) is -2.65. The Morgan fingerprint density at radius 1 is 0.862 bits per heavy atom. The van der Waals surface area contributed by atoms with Crippen molar-refractivity contribution in [3.05, 3.63) is 79.4 Å². The fourth-order valence-corrected chi connectivity index (χ4v) is 2.20. The topological polar surface area (TPSA) is 171 Å². The van der Waals surface area contributed by atoms with Crippen LogP contribution in [0.25, 0.3) is 0 Å². The van der Waals surface area contributed by atoms with Crippen molar-refractivity contribution in [2.45, 2.75) is 6.92 Å². The van der Waals surface area contributed by atoms with Gasteiger partial charge in [0, 0.05) is 35.4 Å². The fourth-order valence-electron chi connectivity index (χ4n) is 2.20. The molecule has 0 radical (unpaired) electrons. The van der Waals surface area contributed by atoms with Gasteiger partial charge in [-0.2, -0.15) is 0 Å². The van der Waals surface area contributed by atoms with Gasteiger partial charge >= 0.3 is 5.97 Å². The minimum absolute atomic E-state index is 0.0301. The quantitative estimate of drug-likeness (QED) is 0.418. The van der Waals surface area contributed by atoms with Crippen LogP contribution in [0.2, 0.25) is 0 Å². The van der Waals surface area contributed by atoms with Gasteiger partial charge in [0.1, 0.15) is 0 Å². The molecule has 2 aromatic rings. The molecule has 2 N–H and O–H groups in total. The molecular weight excluding hydrogens is 388 g/mol. The molecule has 2 aromatic carbocycles. The predicted octanol–water partition coefficient (Wildman–Crippen LogP) is 1.75. The molecule has 0 bridgehead atoms. The first-order valence-electron chi connectivity index (χ1n) is 8.04. The molecule has 0 aromatic heterocycles. The average Bonchev–Trinajstić information content (AvgIpc) is 2.71. The third-order valence-electron chi connectivity index (χ3n) is 3.51. The largest absolute Gasteiger partial charge is 0.462 e. The summed E-state index contributed by atoms with van der Waals surface area (Å²) in [6, 6.07) is 7.72. The number of hydrazine groups is 1. The van der Waals surface area contributed by atoms with Gasteiger partial charge in [0.2, 0.25) is 0 Å². The number of nitro benzene ring substituents is 2. The number of hydrogen-bond acceptors (Lipinski definition) is 8.